The van der Waals surface area contributed by atoms with Crippen LogP contribution in [0.2, 0.25) is 0 Å². The Balaban J connectivity index is 2.31. The molecule has 8 nitrogen and oxygen atoms in total. The largest absolute Gasteiger partial charge is 0.355 e. The Kier molecular flexibility index (Phi) is 6.15. The van der Waals surface area contributed by atoms with Gasteiger partial charge in [-0.15, -0.1) is 0 Å². The number of rotatable bonds is 8. The van der Waals surface area contributed by atoms with Crippen LogP contribution >= 0.6 is 0 Å². The molecule has 25 heavy (non-hydrogen) atoms. The summed E-state index contributed by atoms with van der Waals surface area (Å²) in [5, 5.41) is 2.73. The molecule has 1 amide bonds. The molecule has 0 atom stereocenters. The number of amides is 1. The minimum Gasteiger partial charge on any atom is -0.355 e. The van der Waals surface area contributed by atoms with Crippen LogP contribution in [0.15, 0.2) is 23.1 Å². The summed E-state index contributed by atoms with van der Waals surface area (Å²) >= 11 is 0. The number of aromatic nitrogens is 2. The average molecular weight is 367 g/mol. The predicted molar refractivity (Wildman–Crippen MR) is 96.7 cm³/mol. The number of nitrogens with zero attached hydrogens (tertiary/aromatic N) is 3. The van der Waals surface area contributed by atoms with Crippen molar-refractivity contribution in [2.75, 3.05) is 27.2 Å². The van der Waals surface area contributed by atoms with Crippen LogP contribution in [-0.4, -0.2) is 55.4 Å². The smallest absolute Gasteiger partial charge is 0.242 e. The monoisotopic (exact) mass is 367 g/mol. The lowest BCUT2D eigenvalue weighted by molar-refractivity contribution is -0.121. The molecule has 1 heterocycles. The third-order valence-corrected chi connectivity index (χ3v) is 5.75. The molecule has 0 spiro atoms. The van der Waals surface area contributed by atoms with Crippen LogP contribution in [0.5, 0.6) is 0 Å². The molecule has 0 aliphatic carbocycles. The van der Waals surface area contributed by atoms with Crippen LogP contribution < -0.4 is 11.1 Å². The minimum absolute atomic E-state index is 0.0731. The van der Waals surface area contributed by atoms with E-state index in [1.165, 1.54) is 18.4 Å². The van der Waals surface area contributed by atoms with Gasteiger partial charge in [0.15, 0.2) is 0 Å². The number of fused-ring (bicyclic) bond motifs is 1. The average Bonchev–Trinajstić information content (AvgIpc) is 2.94. The van der Waals surface area contributed by atoms with Crippen molar-refractivity contribution in [2.24, 2.45) is 5.73 Å². The van der Waals surface area contributed by atoms with E-state index in [2.05, 4.69) is 10.3 Å². The predicted octanol–water partition coefficient (Wildman–Crippen LogP) is 0.314. The first-order valence-corrected chi connectivity index (χ1v) is 9.63. The zero-order valence-corrected chi connectivity index (χ0v) is 15.6. The Hall–Kier alpha value is -1.97. The summed E-state index contributed by atoms with van der Waals surface area (Å²) in [7, 11) is -0.515. The van der Waals surface area contributed by atoms with Gasteiger partial charge >= 0.3 is 0 Å². The Morgan fingerprint density at radius 2 is 2.08 bits per heavy atom. The first kappa shape index (κ1) is 19.4. The molecule has 1 aromatic heterocycles. The number of benzene rings is 1. The van der Waals surface area contributed by atoms with Gasteiger partial charge in [-0.2, -0.15) is 0 Å². The molecule has 0 saturated carbocycles. The molecule has 9 heteroatoms. The molecule has 138 valence electrons. The van der Waals surface area contributed by atoms with Crippen molar-refractivity contribution in [3.63, 3.8) is 0 Å². The van der Waals surface area contributed by atoms with E-state index in [-0.39, 0.29) is 10.8 Å². The van der Waals surface area contributed by atoms with Crippen molar-refractivity contribution >= 4 is 27.0 Å². The molecule has 0 aliphatic rings. The number of sulfonamides is 1. The van der Waals surface area contributed by atoms with E-state index in [0.29, 0.717) is 38.0 Å². The van der Waals surface area contributed by atoms with Crippen LogP contribution in [0.25, 0.3) is 11.0 Å². The summed E-state index contributed by atoms with van der Waals surface area (Å²) in [6.45, 7) is 3.54. The number of aryl methyl sites for hydroxylation is 2. The van der Waals surface area contributed by atoms with Crippen LogP contribution in [0.4, 0.5) is 0 Å². The van der Waals surface area contributed by atoms with Crippen LogP contribution in [-0.2, 0) is 27.8 Å². The molecule has 3 N–H and O–H groups in total. The van der Waals surface area contributed by atoms with Crippen LogP contribution in [0.3, 0.4) is 0 Å². The zero-order valence-electron chi connectivity index (χ0n) is 14.8. The second-order valence-electron chi connectivity index (χ2n) is 5.85. The highest BCUT2D eigenvalue weighted by Crippen LogP contribution is 2.22. The molecular formula is C16H25N5O3S. The molecular weight excluding hydrogens is 342 g/mol. The molecule has 0 saturated heterocycles. The van der Waals surface area contributed by atoms with Gasteiger partial charge in [0.2, 0.25) is 15.9 Å². The Morgan fingerprint density at radius 3 is 2.68 bits per heavy atom. The van der Waals surface area contributed by atoms with Gasteiger partial charge in [-0.05, 0) is 25.1 Å². The summed E-state index contributed by atoms with van der Waals surface area (Å²) < 4.78 is 27.7. The zero-order chi connectivity index (χ0) is 18.6. The lowest BCUT2D eigenvalue weighted by Crippen LogP contribution is -2.29. The van der Waals surface area contributed by atoms with Crippen molar-refractivity contribution in [1.29, 1.82) is 0 Å². The van der Waals surface area contributed by atoms with Crippen LogP contribution in [0.1, 0.15) is 19.2 Å². The van der Waals surface area contributed by atoms with Gasteiger partial charge in [-0.3, -0.25) is 4.79 Å². The number of imidazole rings is 1. The van der Waals surface area contributed by atoms with Gasteiger partial charge in [0, 0.05) is 46.6 Å². The fraction of sp³-hybridized carbons (Fsp3) is 0.500. The number of hydrogen-bond acceptors (Lipinski definition) is 5. The van der Waals surface area contributed by atoms with E-state index >= 15 is 0 Å². The fourth-order valence-corrected chi connectivity index (χ4v) is 3.52. The quantitative estimate of drug-likeness (QED) is 0.698. The van der Waals surface area contributed by atoms with Gasteiger partial charge in [0.1, 0.15) is 5.82 Å². The number of nitrogens with one attached hydrogen (secondary N) is 1. The topological polar surface area (TPSA) is 110 Å². The maximum atomic E-state index is 12.3. The first-order chi connectivity index (χ1) is 11.8. The molecule has 2 rings (SSSR count). The third-order valence-electron chi connectivity index (χ3n) is 3.94. The molecule has 0 unspecified atom stereocenters. The number of carbonyl (C=O) groups excluding carboxylic acids is 1. The van der Waals surface area contributed by atoms with E-state index in [1.54, 1.807) is 18.2 Å². The van der Waals surface area contributed by atoms with E-state index < -0.39 is 10.0 Å². The van der Waals surface area contributed by atoms with E-state index in [4.69, 9.17) is 5.73 Å². The fourth-order valence-electron chi connectivity index (χ4n) is 2.60. The minimum atomic E-state index is -3.51. The van der Waals surface area contributed by atoms with Gasteiger partial charge in [0.05, 0.1) is 15.9 Å². The van der Waals surface area contributed by atoms with Crippen molar-refractivity contribution in [2.45, 2.75) is 31.2 Å². The Morgan fingerprint density at radius 1 is 1.36 bits per heavy atom. The summed E-state index contributed by atoms with van der Waals surface area (Å²) in [5.74, 6) is 0.691. The summed E-state index contributed by atoms with van der Waals surface area (Å²) in [6, 6.07) is 4.93. The van der Waals surface area contributed by atoms with E-state index in [9.17, 15) is 13.2 Å². The van der Waals surface area contributed by atoms with Crippen molar-refractivity contribution in [3.8, 4) is 0 Å². The lowest BCUT2D eigenvalue weighted by atomic mass is 10.2. The first-order valence-electron chi connectivity index (χ1n) is 8.19. The molecule has 2 aromatic rings. The second-order valence-corrected chi connectivity index (χ2v) is 8.00. The lowest BCUT2D eigenvalue weighted by Gasteiger charge is -2.11. The van der Waals surface area contributed by atoms with Crippen molar-refractivity contribution < 1.29 is 13.2 Å². The molecule has 0 bridgehead atoms. The van der Waals surface area contributed by atoms with Crippen molar-refractivity contribution in [3.05, 3.63) is 24.0 Å². The summed E-state index contributed by atoms with van der Waals surface area (Å²) in [6.07, 6.45) is 0.793. The highest BCUT2D eigenvalue weighted by atomic mass is 32.2. The van der Waals surface area contributed by atoms with Gasteiger partial charge in [-0.1, -0.05) is 0 Å². The molecule has 0 radical (unpaired) electrons. The van der Waals surface area contributed by atoms with Gasteiger partial charge < -0.3 is 15.6 Å². The van der Waals surface area contributed by atoms with Crippen molar-refractivity contribution in [1.82, 2.24) is 19.2 Å². The SMILES string of the molecule is CCn1c(CCC(=O)NCCN)nc2cc(S(=O)(=O)N(C)C)ccc21. The Bertz CT molecular complexity index is 858. The third kappa shape index (κ3) is 4.17. The van der Waals surface area contributed by atoms with Gasteiger partial charge in [0.25, 0.3) is 0 Å². The number of hydrogen-bond donors (Lipinski definition) is 2. The number of carbonyl (C=O) groups is 1. The highest BCUT2D eigenvalue weighted by Gasteiger charge is 2.19. The highest BCUT2D eigenvalue weighted by molar-refractivity contribution is 7.89. The maximum Gasteiger partial charge on any atom is 0.242 e. The molecule has 0 fully saturated rings. The number of nitrogens with two attached hydrogens (primary N) is 1. The van der Waals surface area contributed by atoms with Crippen LogP contribution in [0, 0.1) is 0 Å². The maximum absolute atomic E-state index is 12.3. The summed E-state index contributed by atoms with van der Waals surface area (Å²) in [4.78, 5) is 16.5. The molecule has 1 aromatic carbocycles. The van der Waals surface area contributed by atoms with Gasteiger partial charge in [-0.25, -0.2) is 17.7 Å². The standard InChI is InChI=1S/C16H25N5O3S/c1-4-21-14-6-5-12(25(23,24)20(2)3)11-13(14)19-15(21)7-8-16(22)18-10-9-17/h5-6,11H,4,7-10,17H2,1-3H3,(H,18,22). The normalized spacial score (nSPS) is 12.0. The van der Waals surface area contributed by atoms with E-state index in [1.807, 2.05) is 11.5 Å². The Labute approximate surface area is 148 Å². The van der Waals surface area contributed by atoms with E-state index in [0.717, 1.165) is 11.3 Å². The molecule has 0 aliphatic heterocycles. The summed E-state index contributed by atoms with van der Waals surface area (Å²) in [5.41, 5.74) is 6.84. The second kappa shape index (κ2) is 7.94.